The van der Waals surface area contributed by atoms with Crippen LogP contribution in [0.4, 0.5) is 0 Å². The summed E-state index contributed by atoms with van der Waals surface area (Å²) in [5, 5.41) is 14.0. The second kappa shape index (κ2) is 39.0. The molecule has 0 amide bonds. The number of nitrogens with two attached hydrogens (primary N) is 2. The van der Waals surface area contributed by atoms with Gasteiger partial charge in [-0.3, -0.25) is 0 Å². The molecule has 5 heteroatoms. The van der Waals surface area contributed by atoms with Gasteiger partial charge in [0.05, 0.1) is 0 Å². The minimum atomic E-state index is 0. The Balaban J connectivity index is -0.0000000315. The summed E-state index contributed by atoms with van der Waals surface area (Å²) < 4.78 is 0. The molecule has 1 atom stereocenters. The zero-order chi connectivity index (χ0) is 9.70. The van der Waals surface area contributed by atoms with Crippen LogP contribution in [0.25, 0.3) is 0 Å². The van der Waals surface area contributed by atoms with Gasteiger partial charge in [-0.25, -0.2) is 0 Å². The average molecular weight is 228 g/mol. The van der Waals surface area contributed by atoms with E-state index in [1.807, 2.05) is 0 Å². The van der Waals surface area contributed by atoms with Crippen LogP contribution in [0.1, 0.15) is 12.8 Å². The molecular weight excluding hydrogens is 204 g/mol. The second-order valence-corrected chi connectivity index (χ2v) is 1.63. The Labute approximate surface area is 97.6 Å². The van der Waals surface area contributed by atoms with Crippen LogP contribution >= 0.6 is 0 Å². The molecular formula is C8H24N2O2Ti. The van der Waals surface area contributed by atoms with Crippen molar-refractivity contribution in [2.24, 2.45) is 11.5 Å². The monoisotopic (exact) mass is 228 g/mol. The fourth-order valence-corrected chi connectivity index (χ4v) is 0.358. The molecule has 0 aromatic rings. The Kier molecular flexibility index (Phi) is 87.6. The summed E-state index contributed by atoms with van der Waals surface area (Å²) in [6.07, 6.45) is 1.68. The molecule has 13 heavy (non-hydrogen) atoms. The molecule has 0 heterocycles. The summed E-state index contributed by atoms with van der Waals surface area (Å²) in [7, 11) is 2.00. The van der Waals surface area contributed by atoms with Crippen LogP contribution in [-0.4, -0.2) is 37.0 Å². The molecule has 0 saturated carbocycles. The van der Waals surface area contributed by atoms with Gasteiger partial charge in [-0.05, 0) is 19.0 Å². The molecule has 0 spiro atoms. The van der Waals surface area contributed by atoms with Crippen LogP contribution in [0.15, 0.2) is 0 Å². The average Bonchev–Trinajstić information content (AvgIpc) is 2.12. The third kappa shape index (κ3) is 45.3. The summed E-state index contributed by atoms with van der Waals surface area (Å²) in [6, 6.07) is 0.213. The molecule has 6 N–H and O–H groups in total. The minimum absolute atomic E-state index is 0. The van der Waals surface area contributed by atoms with E-state index in [0.717, 1.165) is 27.1 Å². The van der Waals surface area contributed by atoms with E-state index < -0.39 is 0 Å². The van der Waals surface area contributed by atoms with Crippen molar-refractivity contribution < 1.29 is 31.9 Å². The smallest absolute Gasteiger partial charge is 0.400 e. The van der Waals surface area contributed by atoms with Crippen molar-refractivity contribution in [3.05, 3.63) is 14.4 Å². The van der Waals surface area contributed by atoms with Crippen LogP contribution in [0.2, 0.25) is 0 Å². The summed E-state index contributed by atoms with van der Waals surface area (Å²) in [6.45, 7) is 4.30. The van der Waals surface area contributed by atoms with E-state index in [-0.39, 0.29) is 35.2 Å². The molecule has 0 aromatic heterocycles. The molecule has 0 aliphatic rings. The Morgan fingerprint density at radius 2 is 1.54 bits per heavy atom. The topological polar surface area (TPSA) is 92.5 Å². The summed E-state index contributed by atoms with van der Waals surface area (Å²) in [4.78, 5) is 0. The van der Waals surface area contributed by atoms with E-state index in [0.29, 0.717) is 6.54 Å². The van der Waals surface area contributed by atoms with E-state index in [1.54, 1.807) is 0 Å². The SMILES string of the molecule is CO.CO.[CH2-]CC(N)CCN.[CH3-].[Ti+2]. The summed E-state index contributed by atoms with van der Waals surface area (Å²) >= 11 is 0. The van der Waals surface area contributed by atoms with Gasteiger partial charge in [0.2, 0.25) is 0 Å². The van der Waals surface area contributed by atoms with Gasteiger partial charge >= 0.3 is 21.7 Å². The molecule has 4 nitrogen and oxygen atoms in total. The molecule has 0 saturated heterocycles. The first-order valence-corrected chi connectivity index (χ1v) is 3.45. The van der Waals surface area contributed by atoms with Crippen molar-refractivity contribution in [1.82, 2.24) is 0 Å². The molecule has 0 aromatic carbocycles. The summed E-state index contributed by atoms with van der Waals surface area (Å²) in [5.41, 5.74) is 10.6. The molecule has 0 rings (SSSR count). The molecule has 0 bridgehead atoms. The summed E-state index contributed by atoms with van der Waals surface area (Å²) in [5.74, 6) is 0. The quantitative estimate of drug-likeness (QED) is 0.389. The Bertz CT molecular complexity index is 51.1. The number of rotatable bonds is 3. The Morgan fingerprint density at radius 1 is 1.23 bits per heavy atom. The molecule has 0 aliphatic carbocycles. The van der Waals surface area contributed by atoms with E-state index in [2.05, 4.69) is 6.92 Å². The van der Waals surface area contributed by atoms with Crippen molar-refractivity contribution in [1.29, 1.82) is 0 Å². The van der Waals surface area contributed by atoms with Gasteiger partial charge < -0.3 is 36.0 Å². The van der Waals surface area contributed by atoms with Crippen molar-refractivity contribution in [2.45, 2.75) is 18.9 Å². The molecule has 82 valence electrons. The van der Waals surface area contributed by atoms with Crippen molar-refractivity contribution in [3.63, 3.8) is 0 Å². The van der Waals surface area contributed by atoms with Gasteiger partial charge in [-0.1, -0.05) is 0 Å². The Morgan fingerprint density at radius 3 is 1.62 bits per heavy atom. The molecule has 1 unspecified atom stereocenters. The van der Waals surface area contributed by atoms with Crippen LogP contribution in [0, 0.1) is 14.4 Å². The van der Waals surface area contributed by atoms with E-state index >= 15 is 0 Å². The third-order valence-corrected chi connectivity index (χ3v) is 0.908. The standard InChI is InChI=1S/C5H13N2.2CH4O.CH3.Ti/c1-2-5(7)3-4-6;2*1-2;;/h5H,1-4,6-7H2;2*2H,1H3;1H3;/q-1;;;-1;+2. The van der Waals surface area contributed by atoms with Crippen LogP contribution in [0.3, 0.4) is 0 Å². The van der Waals surface area contributed by atoms with Crippen molar-refractivity contribution >= 4 is 0 Å². The number of hydrogen-bond donors (Lipinski definition) is 4. The number of aliphatic hydroxyl groups excluding tert-OH is 2. The number of hydrogen-bond acceptors (Lipinski definition) is 4. The third-order valence-electron chi connectivity index (χ3n) is 0.908. The molecule has 0 aliphatic heterocycles. The van der Waals surface area contributed by atoms with Gasteiger partial charge in [0, 0.05) is 14.2 Å². The number of aliphatic hydroxyl groups is 2. The van der Waals surface area contributed by atoms with Gasteiger partial charge in [0.15, 0.2) is 0 Å². The predicted octanol–water partition coefficient (Wildman–Crippen LogP) is -0.449. The predicted molar refractivity (Wildman–Crippen MR) is 54.3 cm³/mol. The maximum absolute atomic E-state index is 7.00. The van der Waals surface area contributed by atoms with Crippen molar-refractivity contribution in [3.8, 4) is 0 Å². The normalized spacial score (nSPS) is 8.54. The minimum Gasteiger partial charge on any atom is -0.400 e. The molecule has 0 radical (unpaired) electrons. The van der Waals surface area contributed by atoms with Gasteiger partial charge in [0.25, 0.3) is 0 Å². The van der Waals surface area contributed by atoms with Gasteiger partial charge in [-0.15, -0.1) is 0 Å². The van der Waals surface area contributed by atoms with Crippen molar-refractivity contribution in [2.75, 3.05) is 20.8 Å². The zero-order valence-electron chi connectivity index (χ0n) is 8.95. The Hall–Kier alpha value is 0.554. The maximum atomic E-state index is 7.00. The first-order valence-electron chi connectivity index (χ1n) is 3.45. The zero-order valence-corrected chi connectivity index (χ0v) is 10.5. The van der Waals surface area contributed by atoms with Crippen LogP contribution < -0.4 is 11.5 Å². The maximum Gasteiger partial charge on any atom is 2.00 e. The van der Waals surface area contributed by atoms with Crippen LogP contribution in [0.5, 0.6) is 0 Å². The second-order valence-electron chi connectivity index (χ2n) is 1.63. The van der Waals surface area contributed by atoms with Gasteiger partial charge in [-0.2, -0.15) is 6.42 Å². The largest absolute Gasteiger partial charge is 2.00 e. The molecule has 0 fully saturated rings. The van der Waals surface area contributed by atoms with Crippen LogP contribution in [-0.2, 0) is 21.7 Å². The fourth-order valence-electron chi connectivity index (χ4n) is 0.358. The first-order chi connectivity index (χ1) is 5.31. The van der Waals surface area contributed by atoms with E-state index in [9.17, 15) is 0 Å². The van der Waals surface area contributed by atoms with E-state index in [4.69, 9.17) is 21.7 Å². The first kappa shape index (κ1) is 29.2. The fraction of sp³-hybridized carbons (Fsp3) is 0.750. The van der Waals surface area contributed by atoms with Gasteiger partial charge in [0.1, 0.15) is 0 Å². The van der Waals surface area contributed by atoms with E-state index in [1.165, 1.54) is 0 Å².